The number of esters is 1. The Morgan fingerprint density at radius 1 is 1.03 bits per heavy atom. The number of methoxy groups -OCH3 is 1. The van der Waals surface area contributed by atoms with Gasteiger partial charge in [0.1, 0.15) is 0 Å². The standard InChI is InChI=1S/C27H50O5/c1-6-7-8-11-14-18-27(4,31-5)19-17-23-22(24(28)20-25(23)29)15-12-9-10-13-16-26(30)32-21(2)3/h9,12,21-25,28-29H,6-8,10-11,13-20H2,1-5H3/b12-9-/t22-,23-,24+,25-,27?/m1/s1. The molecule has 1 aliphatic rings. The largest absolute Gasteiger partial charge is 0.463 e. The molecule has 0 spiro atoms. The van der Waals surface area contributed by atoms with Crippen molar-refractivity contribution >= 4 is 5.97 Å². The second-order valence-corrected chi connectivity index (χ2v) is 10.2. The topological polar surface area (TPSA) is 76.0 Å². The van der Waals surface area contributed by atoms with Crippen LogP contribution in [0.4, 0.5) is 0 Å². The van der Waals surface area contributed by atoms with E-state index in [1.807, 2.05) is 13.8 Å². The van der Waals surface area contributed by atoms with Crippen molar-refractivity contribution in [3.63, 3.8) is 0 Å². The number of unbranched alkanes of at least 4 members (excludes halogenated alkanes) is 5. The number of carbonyl (C=O) groups excluding carboxylic acids is 1. The van der Waals surface area contributed by atoms with Crippen LogP contribution in [0, 0.1) is 11.8 Å². The molecule has 188 valence electrons. The SMILES string of the molecule is CCCCCCCC(C)(CC[C@@H]1[C@@H](C/C=C\CCCC(=O)OC(C)C)[C@@H](O)C[C@H]1O)OC. The lowest BCUT2D eigenvalue weighted by Gasteiger charge is -2.31. The summed E-state index contributed by atoms with van der Waals surface area (Å²) in [6.45, 7) is 8.14. The summed E-state index contributed by atoms with van der Waals surface area (Å²) in [7, 11) is 1.79. The summed E-state index contributed by atoms with van der Waals surface area (Å²) in [6, 6.07) is 0. The second-order valence-electron chi connectivity index (χ2n) is 10.2. The number of rotatable bonds is 17. The van der Waals surface area contributed by atoms with E-state index in [0.29, 0.717) is 12.8 Å². The van der Waals surface area contributed by atoms with Crippen LogP contribution in [0.5, 0.6) is 0 Å². The Hall–Kier alpha value is -0.910. The van der Waals surface area contributed by atoms with Crippen molar-refractivity contribution in [2.24, 2.45) is 11.8 Å². The maximum absolute atomic E-state index is 11.6. The zero-order chi connectivity index (χ0) is 24.0. The average Bonchev–Trinajstić information content (AvgIpc) is 3.00. The van der Waals surface area contributed by atoms with E-state index in [9.17, 15) is 15.0 Å². The monoisotopic (exact) mass is 454 g/mol. The molecule has 0 aromatic heterocycles. The van der Waals surface area contributed by atoms with Gasteiger partial charge in [0.15, 0.2) is 0 Å². The lowest BCUT2D eigenvalue weighted by atomic mass is 9.82. The summed E-state index contributed by atoms with van der Waals surface area (Å²) in [5, 5.41) is 21.1. The molecule has 0 radical (unpaired) electrons. The second kappa shape index (κ2) is 15.8. The molecule has 0 saturated heterocycles. The maximum atomic E-state index is 11.6. The fourth-order valence-corrected chi connectivity index (χ4v) is 4.87. The fraction of sp³-hybridized carbons (Fsp3) is 0.889. The highest BCUT2D eigenvalue weighted by Crippen LogP contribution is 2.40. The number of ether oxygens (including phenoxy) is 2. The Morgan fingerprint density at radius 2 is 1.72 bits per heavy atom. The summed E-state index contributed by atoms with van der Waals surface area (Å²) in [5.41, 5.74) is -0.162. The van der Waals surface area contributed by atoms with Crippen LogP contribution in [0.2, 0.25) is 0 Å². The van der Waals surface area contributed by atoms with Gasteiger partial charge < -0.3 is 19.7 Å². The molecule has 0 heterocycles. The Morgan fingerprint density at radius 3 is 2.38 bits per heavy atom. The van der Waals surface area contributed by atoms with Crippen LogP contribution in [0.1, 0.15) is 111 Å². The van der Waals surface area contributed by atoms with Crippen LogP contribution >= 0.6 is 0 Å². The number of hydrogen-bond acceptors (Lipinski definition) is 5. The van der Waals surface area contributed by atoms with Gasteiger partial charge in [0.05, 0.1) is 23.9 Å². The highest BCUT2D eigenvalue weighted by atomic mass is 16.5. The minimum atomic E-state index is -0.455. The normalized spacial score (nSPS) is 25.5. The van der Waals surface area contributed by atoms with Crippen LogP contribution < -0.4 is 0 Å². The molecule has 0 amide bonds. The molecule has 0 aromatic rings. The van der Waals surface area contributed by atoms with E-state index < -0.39 is 12.2 Å². The molecular formula is C27H50O5. The predicted molar refractivity (Wildman–Crippen MR) is 130 cm³/mol. The first kappa shape index (κ1) is 29.1. The van der Waals surface area contributed by atoms with Gasteiger partial charge in [-0.25, -0.2) is 0 Å². The van der Waals surface area contributed by atoms with Gasteiger partial charge in [-0.05, 0) is 77.6 Å². The van der Waals surface area contributed by atoms with Gasteiger partial charge in [-0.2, -0.15) is 0 Å². The quantitative estimate of drug-likeness (QED) is 0.161. The van der Waals surface area contributed by atoms with Crippen molar-refractivity contribution in [2.45, 2.75) is 135 Å². The minimum Gasteiger partial charge on any atom is -0.463 e. The van der Waals surface area contributed by atoms with Crippen molar-refractivity contribution in [2.75, 3.05) is 7.11 Å². The van der Waals surface area contributed by atoms with Crippen molar-refractivity contribution in [3.05, 3.63) is 12.2 Å². The van der Waals surface area contributed by atoms with E-state index in [-0.39, 0.29) is 29.5 Å². The van der Waals surface area contributed by atoms with Crippen LogP contribution in [0.25, 0.3) is 0 Å². The number of hydrogen-bond donors (Lipinski definition) is 2. The third-order valence-corrected chi connectivity index (χ3v) is 7.02. The summed E-state index contributed by atoms with van der Waals surface area (Å²) in [5.74, 6) is 0.0393. The summed E-state index contributed by atoms with van der Waals surface area (Å²) in [6.07, 6.45) is 15.6. The lowest BCUT2D eigenvalue weighted by molar-refractivity contribution is -0.147. The van der Waals surface area contributed by atoms with Crippen LogP contribution in [-0.2, 0) is 14.3 Å². The lowest BCUT2D eigenvalue weighted by Crippen LogP contribution is -2.30. The first-order valence-electron chi connectivity index (χ1n) is 13.0. The third kappa shape index (κ3) is 11.3. The Bertz CT molecular complexity index is 532. The molecule has 5 atom stereocenters. The first-order chi connectivity index (χ1) is 15.2. The van der Waals surface area contributed by atoms with Crippen molar-refractivity contribution in [1.82, 2.24) is 0 Å². The Kier molecular flexibility index (Phi) is 14.4. The molecule has 5 heteroatoms. The molecule has 1 rings (SSSR count). The van der Waals surface area contributed by atoms with Gasteiger partial charge in [-0.1, -0.05) is 51.2 Å². The van der Waals surface area contributed by atoms with Crippen molar-refractivity contribution in [3.8, 4) is 0 Å². The van der Waals surface area contributed by atoms with Gasteiger partial charge in [0.25, 0.3) is 0 Å². The summed E-state index contributed by atoms with van der Waals surface area (Å²) < 4.78 is 11.0. The molecule has 1 saturated carbocycles. The number of aliphatic hydroxyl groups excluding tert-OH is 2. The van der Waals surface area contributed by atoms with Gasteiger partial charge >= 0.3 is 5.97 Å². The summed E-state index contributed by atoms with van der Waals surface area (Å²) >= 11 is 0. The number of allylic oxidation sites excluding steroid dienone is 2. The Balaban J connectivity index is 2.45. The van der Waals surface area contributed by atoms with Crippen LogP contribution in [0.15, 0.2) is 12.2 Å². The molecule has 1 aliphatic carbocycles. The highest BCUT2D eigenvalue weighted by Gasteiger charge is 2.41. The molecule has 5 nitrogen and oxygen atoms in total. The zero-order valence-corrected chi connectivity index (χ0v) is 21.4. The van der Waals surface area contributed by atoms with Crippen LogP contribution in [0.3, 0.4) is 0 Å². The number of carbonyl (C=O) groups is 1. The van der Waals surface area contributed by atoms with E-state index in [2.05, 4.69) is 26.0 Å². The zero-order valence-electron chi connectivity index (χ0n) is 21.4. The van der Waals surface area contributed by atoms with E-state index in [1.54, 1.807) is 7.11 Å². The summed E-state index contributed by atoms with van der Waals surface area (Å²) in [4.78, 5) is 11.6. The van der Waals surface area contributed by atoms with Crippen LogP contribution in [-0.4, -0.2) is 47.2 Å². The Labute approximate surface area is 197 Å². The van der Waals surface area contributed by atoms with Crippen molar-refractivity contribution < 1.29 is 24.5 Å². The maximum Gasteiger partial charge on any atom is 0.306 e. The van der Waals surface area contributed by atoms with Gasteiger partial charge in [-0.15, -0.1) is 0 Å². The van der Waals surface area contributed by atoms with Gasteiger partial charge in [0.2, 0.25) is 0 Å². The van der Waals surface area contributed by atoms with E-state index in [1.165, 1.54) is 32.1 Å². The molecule has 0 bridgehead atoms. The molecule has 2 N–H and O–H groups in total. The molecule has 1 fully saturated rings. The van der Waals surface area contributed by atoms with Gasteiger partial charge in [-0.3, -0.25) is 4.79 Å². The van der Waals surface area contributed by atoms with E-state index >= 15 is 0 Å². The highest BCUT2D eigenvalue weighted by molar-refractivity contribution is 5.69. The molecule has 1 unspecified atom stereocenters. The molecular weight excluding hydrogens is 404 g/mol. The minimum absolute atomic E-state index is 0.0636. The molecule has 0 aliphatic heterocycles. The molecule has 32 heavy (non-hydrogen) atoms. The average molecular weight is 455 g/mol. The smallest absolute Gasteiger partial charge is 0.306 e. The van der Waals surface area contributed by atoms with Crippen molar-refractivity contribution in [1.29, 1.82) is 0 Å². The first-order valence-corrected chi connectivity index (χ1v) is 13.0. The third-order valence-electron chi connectivity index (χ3n) is 7.02. The van der Waals surface area contributed by atoms with E-state index in [0.717, 1.165) is 38.5 Å². The van der Waals surface area contributed by atoms with E-state index in [4.69, 9.17) is 9.47 Å². The van der Waals surface area contributed by atoms with Gasteiger partial charge in [0, 0.05) is 13.5 Å². The molecule has 0 aromatic carbocycles. The fourth-order valence-electron chi connectivity index (χ4n) is 4.87. The predicted octanol–water partition coefficient (Wildman–Crippen LogP) is 5.96. The number of aliphatic hydroxyl groups is 2.